The van der Waals surface area contributed by atoms with Crippen molar-refractivity contribution < 1.29 is 9.53 Å². The highest BCUT2D eigenvalue weighted by atomic mass is 35.5. The van der Waals surface area contributed by atoms with Crippen molar-refractivity contribution in [3.63, 3.8) is 0 Å². The highest BCUT2D eigenvalue weighted by Gasteiger charge is 2.43. The molecule has 1 N–H and O–H groups in total. The van der Waals surface area contributed by atoms with E-state index in [1.165, 1.54) is 0 Å². The van der Waals surface area contributed by atoms with E-state index in [1.54, 1.807) is 18.3 Å². The number of carbonyl (C=O) groups excluding carboxylic acids is 1. The van der Waals surface area contributed by atoms with Gasteiger partial charge in [0.05, 0.1) is 6.54 Å². The molecule has 1 heterocycles. The summed E-state index contributed by atoms with van der Waals surface area (Å²) < 4.78 is 5.75. The fourth-order valence-electron chi connectivity index (χ4n) is 2.61. The Balaban J connectivity index is 1.43. The van der Waals surface area contributed by atoms with E-state index in [9.17, 15) is 4.79 Å². The van der Waals surface area contributed by atoms with Gasteiger partial charge < -0.3 is 10.1 Å². The maximum Gasteiger partial charge on any atom is 0.223 e. The number of rotatable bonds is 6. The van der Waals surface area contributed by atoms with Crippen LogP contribution in [0.1, 0.15) is 24.8 Å². The molecule has 4 nitrogen and oxygen atoms in total. The predicted octanol–water partition coefficient (Wildman–Crippen LogP) is 3.42. The van der Waals surface area contributed by atoms with Crippen LogP contribution in [0, 0.1) is 5.92 Å². The first-order chi connectivity index (χ1) is 11.1. The summed E-state index contributed by atoms with van der Waals surface area (Å²) in [6, 6.07) is 11.1. The Hall–Kier alpha value is -2.07. The van der Waals surface area contributed by atoms with Crippen LogP contribution in [0.2, 0.25) is 5.02 Å². The van der Waals surface area contributed by atoms with Gasteiger partial charge in [-0.25, -0.2) is 0 Å². The molecule has 1 aliphatic carbocycles. The molecule has 1 aromatic carbocycles. The SMILES string of the molecule is C[C@H](CNC(=O)[C@H]1C[C@H]1c1cccnc1)Oc1ccc(Cl)cc1. The molecule has 120 valence electrons. The van der Waals surface area contributed by atoms with E-state index < -0.39 is 0 Å². The molecule has 5 heteroatoms. The van der Waals surface area contributed by atoms with Crippen LogP contribution in [0.5, 0.6) is 5.75 Å². The van der Waals surface area contributed by atoms with Crippen LogP contribution in [0.4, 0.5) is 0 Å². The van der Waals surface area contributed by atoms with E-state index in [1.807, 2.05) is 37.4 Å². The van der Waals surface area contributed by atoms with Gasteiger partial charge in [-0.15, -0.1) is 0 Å². The third kappa shape index (κ3) is 4.23. The number of amides is 1. The van der Waals surface area contributed by atoms with Gasteiger partial charge in [-0.3, -0.25) is 9.78 Å². The highest BCUT2D eigenvalue weighted by Crippen LogP contribution is 2.47. The molecule has 1 aliphatic rings. The van der Waals surface area contributed by atoms with Crippen LogP contribution in [0.25, 0.3) is 0 Å². The lowest BCUT2D eigenvalue weighted by molar-refractivity contribution is -0.122. The summed E-state index contributed by atoms with van der Waals surface area (Å²) in [5.41, 5.74) is 1.14. The summed E-state index contributed by atoms with van der Waals surface area (Å²) in [6.45, 7) is 2.41. The van der Waals surface area contributed by atoms with Gasteiger partial charge in [-0.05, 0) is 55.2 Å². The number of benzene rings is 1. The Bertz CT molecular complexity index is 660. The summed E-state index contributed by atoms with van der Waals surface area (Å²) in [5, 5.41) is 3.64. The fourth-order valence-corrected chi connectivity index (χ4v) is 2.74. The maximum atomic E-state index is 12.2. The number of ether oxygens (including phenoxy) is 1. The summed E-state index contributed by atoms with van der Waals surface area (Å²) >= 11 is 5.84. The third-order valence-electron chi connectivity index (χ3n) is 3.95. The largest absolute Gasteiger partial charge is 0.489 e. The number of carbonyl (C=O) groups is 1. The second-order valence-electron chi connectivity index (χ2n) is 5.86. The number of halogens is 1. The normalized spacial score (nSPS) is 20.6. The fraction of sp³-hybridized carbons (Fsp3) is 0.333. The van der Waals surface area contributed by atoms with E-state index in [-0.39, 0.29) is 17.9 Å². The molecule has 1 fully saturated rings. The lowest BCUT2D eigenvalue weighted by atomic mass is 10.1. The van der Waals surface area contributed by atoms with Gasteiger partial charge >= 0.3 is 0 Å². The van der Waals surface area contributed by atoms with E-state index >= 15 is 0 Å². The van der Waals surface area contributed by atoms with Gasteiger partial charge in [0.15, 0.2) is 0 Å². The van der Waals surface area contributed by atoms with Gasteiger partial charge in [-0.1, -0.05) is 17.7 Å². The van der Waals surface area contributed by atoms with Crippen molar-refractivity contribution in [2.45, 2.75) is 25.4 Å². The molecule has 0 saturated heterocycles. The lowest BCUT2D eigenvalue weighted by Gasteiger charge is -2.15. The Labute approximate surface area is 140 Å². The number of hydrogen-bond donors (Lipinski definition) is 1. The molecule has 3 atom stereocenters. The van der Waals surface area contributed by atoms with E-state index in [2.05, 4.69) is 10.3 Å². The molecule has 0 bridgehead atoms. The molecule has 3 rings (SSSR count). The van der Waals surface area contributed by atoms with E-state index in [0.717, 1.165) is 17.7 Å². The topological polar surface area (TPSA) is 51.2 Å². The zero-order chi connectivity index (χ0) is 16.2. The van der Waals surface area contributed by atoms with Crippen LogP contribution in [0.3, 0.4) is 0 Å². The average molecular weight is 331 g/mol. The van der Waals surface area contributed by atoms with Crippen LogP contribution >= 0.6 is 11.6 Å². The summed E-state index contributed by atoms with van der Waals surface area (Å²) in [6.07, 6.45) is 4.38. The highest BCUT2D eigenvalue weighted by molar-refractivity contribution is 6.30. The number of hydrogen-bond acceptors (Lipinski definition) is 3. The number of nitrogens with one attached hydrogen (secondary N) is 1. The molecule has 1 aromatic heterocycles. The molecule has 0 spiro atoms. The third-order valence-corrected chi connectivity index (χ3v) is 4.21. The van der Waals surface area contributed by atoms with Crippen molar-refractivity contribution in [1.29, 1.82) is 0 Å². The molecule has 0 unspecified atom stereocenters. The van der Waals surface area contributed by atoms with Crippen molar-refractivity contribution in [2.75, 3.05) is 6.54 Å². The smallest absolute Gasteiger partial charge is 0.223 e. The van der Waals surface area contributed by atoms with Crippen molar-refractivity contribution in [1.82, 2.24) is 10.3 Å². The number of nitrogens with zero attached hydrogens (tertiary/aromatic N) is 1. The van der Waals surface area contributed by atoms with Crippen molar-refractivity contribution in [3.05, 3.63) is 59.4 Å². The van der Waals surface area contributed by atoms with Crippen LogP contribution in [-0.2, 0) is 4.79 Å². The average Bonchev–Trinajstić information content (AvgIpc) is 3.36. The Morgan fingerprint density at radius 1 is 1.39 bits per heavy atom. The van der Waals surface area contributed by atoms with Gasteiger partial charge in [0.1, 0.15) is 11.9 Å². The second-order valence-corrected chi connectivity index (χ2v) is 6.30. The van der Waals surface area contributed by atoms with Crippen molar-refractivity contribution in [3.8, 4) is 5.75 Å². The van der Waals surface area contributed by atoms with Gasteiger partial charge in [0.25, 0.3) is 0 Å². The van der Waals surface area contributed by atoms with Gasteiger partial charge in [-0.2, -0.15) is 0 Å². The Kier molecular flexibility index (Phi) is 4.82. The van der Waals surface area contributed by atoms with E-state index in [4.69, 9.17) is 16.3 Å². The Morgan fingerprint density at radius 2 is 2.17 bits per heavy atom. The summed E-state index contributed by atoms with van der Waals surface area (Å²) in [5.74, 6) is 1.19. The molecule has 0 radical (unpaired) electrons. The minimum atomic E-state index is -0.101. The zero-order valence-corrected chi connectivity index (χ0v) is 13.7. The predicted molar refractivity (Wildman–Crippen MR) is 89.6 cm³/mol. The first-order valence-electron chi connectivity index (χ1n) is 7.73. The molecule has 1 saturated carbocycles. The van der Waals surface area contributed by atoms with E-state index in [0.29, 0.717) is 17.5 Å². The van der Waals surface area contributed by atoms with Crippen LogP contribution < -0.4 is 10.1 Å². The summed E-state index contributed by atoms with van der Waals surface area (Å²) in [7, 11) is 0. The lowest BCUT2D eigenvalue weighted by Crippen LogP contribution is -2.34. The Morgan fingerprint density at radius 3 is 2.87 bits per heavy atom. The minimum Gasteiger partial charge on any atom is -0.489 e. The molecule has 0 aliphatic heterocycles. The first-order valence-corrected chi connectivity index (χ1v) is 8.11. The number of aromatic nitrogens is 1. The van der Waals surface area contributed by atoms with Gasteiger partial charge in [0.2, 0.25) is 5.91 Å². The first kappa shape index (κ1) is 15.8. The quantitative estimate of drug-likeness (QED) is 0.883. The minimum absolute atomic E-state index is 0.0573. The monoisotopic (exact) mass is 330 g/mol. The summed E-state index contributed by atoms with van der Waals surface area (Å²) in [4.78, 5) is 16.3. The standard InChI is InChI=1S/C18H19ClN2O2/c1-12(23-15-6-4-14(19)5-7-15)10-21-18(22)17-9-16(17)13-3-2-8-20-11-13/h2-8,11-12,16-17H,9-10H2,1H3,(H,21,22)/t12-,16+,17+/m1/s1. The molecule has 1 amide bonds. The van der Waals surface area contributed by atoms with Crippen molar-refractivity contribution in [2.24, 2.45) is 5.92 Å². The van der Waals surface area contributed by atoms with Gasteiger partial charge in [0, 0.05) is 23.3 Å². The van der Waals surface area contributed by atoms with Crippen LogP contribution in [0.15, 0.2) is 48.8 Å². The second kappa shape index (κ2) is 7.01. The molecular weight excluding hydrogens is 312 g/mol. The number of pyridine rings is 1. The molecular formula is C18H19ClN2O2. The van der Waals surface area contributed by atoms with Crippen LogP contribution in [-0.4, -0.2) is 23.5 Å². The molecule has 23 heavy (non-hydrogen) atoms. The molecule has 2 aromatic rings. The maximum absolute atomic E-state index is 12.2. The van der Waals surface area contributed by atoms with Crippen molar-refractivity contribution >= 4 is 17.5 Å². The zero-order valence-electron chi connectivity index (χ0n) is 12.9.